The van der Waals surface area contributed by atoms with E-state index in [0.717, 1.165) is 43.9 Å². The van der Waals surface area contributed by atoms with Crippen molar-refractivity contribution in [2.45, 2.75) is 49.9 Å². The average Bonchev–Trinajstić information content (AvgIpc) is 2.94. The van der Waals surface area contributed by atoms with Gasteiger partial charge < -0.3 is 19.5 Å². The first-order valence-electron chi connectivity index (χ1n) is 9.20. The van der Waals surface area contributed by atoms with E-state index in [2.05, 4.69) is 36.5 Å². The molecule has 1 fully saturated rings. The van der Waals surface area contributed by atoms with E-state index in [9.17, 15) is 0 Å². The summed E-state index contributed by atoms with van der Waals surface area (Å²) in [5.41, 5.74) is 2.87. The van der Waals surface area contributed by atoms with Gasteiger partial charge in [0.15, 0.2) is 11.5 Å². The summed E-state index contributed by atoms with van der Waals surface area (Å²) in [6.45, 7) is 3.98. The van der Waals surface area contributed by atoms with Gasteiger partial charge in [0.25, 0.3) is 0 Å². The van der Waals surface area contributed by atoms with Gasteiger partial charge in [-0.3, -0.25) is 0 Å². The Balaban J connectivity index is 1.69. The Kier molecular flexibility index (Phi) is 3.23. The maximum atomic E-state index is 6.58. The first-order valence-corrected chi connectivity index (χ1v) is 9.20. The highest BCUT2D eigenvalue weighted by Crippen LogP contribution is 2.61. The van der Waals surface area contributed by atoms with Gasteiger partial charge in [0.1, 0.15) is 12.2 Å². The average molecular weight is 327 g/mol. The number of rotatable bonds is 4. The number of piperidine rings is 1. The summed E-state index contributed by atoms with van der Waals surface area (Å²) in [6, 6.07) is 4.80. The SMILES string of the molecule is CCCOC1C=CC2[C@H]3Cc4ccc(OC)c5c4[C@@]2(CCN3)C1O5. The van der Waals surface area contributed by atoms with Crippen molar-refractivity contribution >= 4 is 0 Å². The number of methoxy groups -OCH3 is 1. The molecule has 4 nitrogen and oxygen atoms in total. The Morgan fingerprint density at radius 3 is 3.08 bits per heavy atom. The monoisotopic (exact) mass is 327 g/mol. The Morgan fingerprint density at radius 1 is 1.33 bits per heavy atom. The van der Waals surface area contributed by atoms with Crippen LogP contribution < -0.4 is 14.8 Å². The minimum atomic E-state index is 0.0306. The standard InChI is InChI=1S/C20H25NO3/c1-3-10-23-16-7-5-13-14-11-12-4-6-15(22-2)18-17(12)20(13,8-9-21-14)19(16)24-18/h4-7,13-14,16,19,21H,3,8-11H2,1-2H3/t13?,14-,16?,19?,20+/m1/s1. The molecule has 1 saturated heterocycles. The molecule has 2 aliphatic carbocycles. The summed E-state index contributed by atoms with van der Waals surface area (Å²) < 4.78 is 18.4. The van der Waals surface area contributed by atoms with Crippen LogP contribution in [0.2, 0.25) is 0 Å². The van der Waals surface area contributed by atoms with Crippen LogP contribution in [0.5, 0.6) is 11.5 Å². The molecule has 1 aromatic carbocycles. The van der Waals surface area contributed by atoms with Crippen molar-refractivity contribution in [1.82, 2.24) is 5.32 Å². The van der Waals surface area contributed by atoms with Gasteiger partial charge in [-0.2, -0.15) is 0 Å². The van der Waals surface area contributed by atoms with Crippen LogP contribution in [0, 0.1) is 5.92 Å². The first kappa shape index (κ1) is 14.8. The van der Waals surface area contributed by atoms with Crippen LogP contribution in [0.3, 0.4) is 0 Å². The molecule has 0 amide bonds. The van der Waals surface area contributed by atoms with Crippen LogP contribution in [0.15, 0.2) is 24.3 Å². The lowest BCUT2D eigenvalue weighted by Crippen LogP contribution is -2.64. The third-order valence-corrected chi connectivity index (χ3v) is 6.38. The van der Waals surface area contributed by atoms with E-state index in [4.69, 9.17) is 14.2 Å². The number of ether oxygens (including phenoxy) is 3. The van der Waals surface area contributed by atoms with E-state index in [-0.39, 0.29) is 17.6 Å². The molecule has 1 aromatic rings. The second-order valence-electron chi connectivity index (χ2n) is 7.47. The second kappa shape index (κ2) is 5.24. The molecule has 0 aromatic heterocycles. The van der Waals surface area contributed by atoms with Crippen LogP contribution >= 0.6 is 0 Å². The van der Waals surface area contributed by atoms with Gasteiger partial charge in [0, 0.05) is 29.5 Å². The molecular weight excluding hydrogens is 302 g/mol. The summed E-state index contributed by atoms with van der Waals surface area (Å²) in [6.07, 6.45) is 7.93. The molecule has 1 N–H and O–H groups in total. The fourth-order valence-corrected chi connectivity index (χ4v) is 5.51. The van der Waals surface area contributed by atoms with E-state index in [1.807, 2.05) is 0 Å². The van der Waals surface area contributed by atoms with E-state index >= 15 is 0 Å². The first-order chi connectivity index (χ1) is 11.8. The van der Waals surface area contributed by atoms with Crippen molar-refractivity contribution in [3.63, 3.8) is 0 Å². The number of benzene rings is 1. The Morgan fingerprint density at radius 2 is 2.25 bits per heavy atom. The molecule has 5 atom stereocenters. The zero-order chi connectivity index (χ0) is 16.3. The Labute approximate surface area is 143 Å². The van der Waals surface area contributed by atoms with Crippen molar-refractivity contribution in [3.8, 4) is 11.5 Å². The quantitative estimate of drug-likeness (QED) is 0.863. The van der Waals surface area contributed by atoms with Gasteiger partial charge in [-0.05, 0) is 37.4 Å². The largest absolute Gasteiger partial charge is 0.493 e. The third kappa shape index (κ3) is 1.71. The fraction of sp³-hybridized carbons (Fsp3) is 0.600. The van der Waals surface area contributed by atoms with Gasteiger partial charge in [0.05, 0.1) is 7.11 Å². The predicted molar refractivity (Wildman–Crippen MR) is 91.9 cm³/mol. The lowest BCUT2D eigenvalue weighted by molar-refractivity contribution is -0.0529. The topological polar surface area (TPSA) is 39.7 Å². The molecule has 1 spiro atoms. The van der Waals surface area contributed by atoms with Crippen LogP contribution in [-0.4, -0.2) is 38.5 Å². The molecule has 2 heterocycles. The van der Waals surface area contributed by atoms with Gasteiger partial charge in [-0.25, -0.2) is 0 Å². The lowest BCUT2D eigenvalue weighted by Gasteiger charge is -2.54. The van der Waals surface area contributed by atoms with E-state index in [1.165, 1.54) is 11.1 Å². The number of nitrogens with one attached hydrogen (secondary N) is 1. The zero-order valence-electron chi connectivity index (χ0n) is 14.4. The van der Waals surface area contributed by atoms with E-state index < -0.39 is 0 Å². The van der Waals surface area contributed by atoms with Gasteiger partial charge in [-0.15, -0.1) is 0 Å². The molecule has 128 valence electrons. The van der Waals surface area contributed by atoms with Crippen molar-refractivity contribution in [2.24, 2.45) is 5.92 Å². The molecule has 4 aliphatic rings. The minimum Gasteiger partial charge on any atom is -0.493 e. The predicted octanol–water partition coefficient (Wildman–Crippen LogP) is 2.59. The van der Waals surface area contributed by atoms with Crippen LogP contribution in [-0.2, 0) is 16.6 Å². The molecular formula is C20H25NO3. The van der Waals surface area contributed by atoms with Crippen LogP contribution in [0.1, 0.15) is 30.9 Å². The van der Waals surface area contributed by atoms with Gasteiger partial charge in [-0.1, -0.05) is 25.1 Å². The molecule has 5 rings (SSSR count). The fourth-order valence-electron chi connectivity index (χ4n) is 5.51. The molecule has 4 heteroatoms. The molecule has 0 radical (unpaired) electrons. The van der Waals surface area contributed by atoms with Crippen LogP contribution in [0.25, 0.3) is 0 Å². The molecule has 2 bridgehead atoms. The van der Waals surface area contributed by atoms with Crippen molar-refractivity contribution in [3.05, 3.63) is 35.4 Å². The summed E-state index contributed by atoms with van der Waals surface area (Å²) in [7, 11) is 1.73. The van der Waals surface area contributed by atoms with Crippen molar-refractivity contribution in [2.75, 3.05) is 20.3 Å². The number of hydrogen-bond acceptors (Lipinski definition) is 4. The van der Waals surface area contributed by atoms with Crippen molar-refractivity contribution in [1.29, 1.82) is 0 Å². The Hall–Kier alpha value is -1.52. The highest BCUT2D eigenvalue weighted by Gasteiger charge is 2.63. The van der Waals surface area contributed by atoms with Crippen molar-refractivity contribution < 1.29 is 14.2 Å². The normalized spacial score (nSPS) is 37.8. The zero-order valence-corrected chi connectivity index (χ0v) is 14.4. The smallest absolute Gasteiger partial charge is 0.165 e. The highest BCUT2D eigenvalue weighted by molar-refractivity contribution is 5.62. The van der Waals surface area contributed by atoms with E-state index in [0.29, 0.717) is 12.0 Å². The maximum Gasteiger partial charge on any atom is 0.165 e. The highest BCUT2D eigenvalue weighted by atomic mass is 16.6. The summed E-state index contributed by atoms with van der Waals surface area (Å²) >= 11 is 0. The number of hydrogen-bond donors (Lipinski definition) is 1. The molecule has 2 aliphatic heterocycles. The van der Waals surface area contributed by atoms with Gasteiger partial charge >= 0.3 is 0 Å². The summed E-state index contributed by atoms with van der Waals surface area (Å²) in [5.74, 6) is 2.32. The van der Waals surface area contributed by atoms with Gasteiger partial charge in [0.2, 0.25) is 0 Å². The molecule has 3 unspecified atom stereocenters. The Bertz CT molecular complexity index is 700. The summed E-state index contributed by atoms with van der Waals surface area (Å²) in [4.78, 5) is 0. The maximum absolute atomic E-state index is 6.58. The minimum absolute atomic E-state index is 0.0306. The molecule has 0 saturated carbocycles. The van der Waals surface area contributed by atoms with E-state index in [1.54, 1.807) is 7.11 Å². The molecule has 24 heavy (non-hydrogen) atoms. The van der Waals surface area contributed by atoms with Crippen LogP contribution in [0.4, 0.5) is 0 Å². The second-order valence-corrected chi connectivity index (χ2v) is 7.47. The lowest BCUT2D eigenvalue weighted by atomic mass is 9.53. The third-order valence-electron chi connectivity index (χ3n) is 6.38. The summed E-state index contributed by atoms with van der Waals surface area (Å²) in [5, 5.41) is 3.74.